The molecule has 1 fully saturated rings. The van der Waals surface area contributed by atoms with Gasteiger partial charge in [-0.3, -0.25) is 9.69 Å². The van der Waals surface area contributed by atoms with Crippen LogP contribution in [-0.2, 0) is 17.6 Å². The van der Waals surface area contributed by atoms with Gasteiger partial charge < -0.3 is 14.5 Å². The number of benzene rings is 1. The van der Waals surface area contributed by atoms with Crippen LogP contribution in [0.1, 0.15) is 42.2 Å². The maximum Gasteiger partial charge on any atom is 0.258 e. The van der Waals surface area contributed by atoms with Crippen LogP contribution < -0.4 is 10.1 Å². The summed E-state index contributed by atoms with van der Waals surface area (Å²) in [5.74, 6) is 1.59. The number of carbonyl (C=O) groups excluding carboxylic acids is 1. The van der Waals surface area contributed by atoms with E-state index in [2.05, 4.69) is 22.3 Å². The minimum atomic E-state index is -0.0961. The predicted molar refractivity (Wildman–Crippen MR) is 99.2 cm³/mol. The molecule has 26 heavy (non-hydrogen) atoms. The first-order chi connectivity index (χ1) is 12.8. The summed E-state index contributed by atoms with van der Waals surface area (Å²) < 4.78 is 11.3. The number of ether oxygens (including phenoxy) is 1. The van der Waals surface area contributed by atoms with Crippen molar-refractivity contribution in [3.63, 3.8) is 0 Å². The number of hydrogen-bond donors (Lipinski definition) is 1. The molecule has 1 N–H and O–H groups in total. The van der Waals surface area contributed by atoms with Crippen molar-refractivity contribution in [3.05, 3.63) is 53.5 Å². The molecular weight excluding hydrogens is 328 g/mol. The number of likely N-dealkylation sites (tertiary alicyclic amines) is 1. The van der Waals surface area contributed by atoms with Gasteiger partial charge in [0.1, 0.15) is 11.5 Å². The zero-order valence-electron chi connectivity index (χ0n) is 15.1. The lowest BCUT2D eigenvalue weighted by Gasteiger charge is -2.26. The Labute approximate surface area is 154 Å². The topological polar surface area (TPSA) is 54.7 Å². The molecule has 1 aliphatic carbocycles. The molecule has 5 nitrogen and oxygen atoms in total. The molecule has 4 rings (SSSR count). The molecule has 1 aromatic heterocycles. The zero-order valence-corrected chi connectivity index (χ0v) is 15.1. The highest BCUT2D eigenvalue weighted by atomic mass is 16.5. The number of hydrogen-bond acceptors (Lipinski definition) is 4. The van der Waals surface area contributed by atoms with Gasteiger partial charge in [0, 0.05) is 6.54 Å². The summed E-state index contributed by atoms with van der Waals surface area (Å²) in [6.07, 6.45) is 7.57. The Morgan fingerprint density at radius 2 is 2.00 bits per heavy atom. The minimum Gasteiger partial charge on any atom is -0.484 e. The molecule has 2 aromatic rings. The Morgan fingerprint density at radius 1 is 1.15 bits per heavy atom. The number of rotatable bonds is 7. The predicted octanol–water partition coefficient (Wildman–Crippen LogP) is 3.10. The van der Waals surface area contributed by atoms with E-state index in [1.807, 2.05) is 18.2 Å². The molecule has 1 saturated heterocycles. The molecule has 1 amide bonds. The fourth-order valence-corrected chi connectivity index (χ4v) is 3.99. The number of furan rings is 1. The van der Waals surface area contributed by atoms with Gasteiger partial charge in [-0.25, -0.2) is 0 Å². The lowest BCUT2D eigenvalue weighted by atomic mass is 10.1. The molecule has 1 atom stereocenters. The molecule has 0 bridgehead atoms. The van der Waals surface area contributed by atoms with Crippen LogP contribution in [0.5, 0.6) is 5.75 Å². The molecule has 5 heteroatoms. The molecule has 0 saturated carbocycles. The number of fused-ring (bicyclic) bond motifs is 1. The molecule has 1 aromatic carbocycles. The normalized spacial score (nSPS) is 17.8. The molecular formula is C21H26N2O3. The monoisotopic (exact) mass is 354 g/mol. The van der Waals surface area contributed by atoms with Crippen LogP contribution in [0.15, 0.2) is 41.0 Å². The first kappa shape index (κ1) is 17.2. The van der Waals surface area contributed by atoms with Gasteiger partial charge in [0.2, 0.25) is 0 Å². The minimum absolute atomic E-state index is 0.0453. The van der Waals surface area contributed by atoms with Gasteiger partial charge in [-0.05, 0) is 80.6 Å². The summed E-state index contributed by atoms with van der Waals surface area (Å²) in [5, 5.41) is 3.00. The van der Waals surface area contributed by atoms with Gasteiger partial charge in [-0.15, -0.1) is 0 Å². The first-order valence-electron chi connectivity index (χ1n) is 9.58. The van der Waals surface area contributed by atoms with Crippen molar-refractivity contribution in [2.75, 3.05) is 26.2 Å². The lowest BCUT2D eigenvalue weighted by molar-refractivity contribution is -0.123. The number of amides is 1. The van der Waals surface area contributed by atoms with E-state index in [1.165, 1.54) is 30.4 Å². The Morgan fingerprint density at radius 3 is 2.81 bits per heavy atom. The van der Waals surface area contributed by atoms with Crippen LogP contribution in [0.25, 0.3) is 0 Å². The average molecular weight is 354 g/mol. The molecule has 2 aliphatic rings. The van der Waals surface area contributed by atoms with Crippen molar-refractivity contribution in [3.8, 4) is 5.75 Å². The van der Waals surface area contributed by atoms with E-state index in [4.69, 9.17) is 9.15 Å². The van der Waals surface area contributed by atoms with E-state index in [0.717, 1.165) is 37.4 Å². The van der Waals surface area contributed by atoms with Gasteiger partial charge in [-0.2, -0.15) is 0 Å². The highest BCUT2D eigenvalue weighted by Crippen LogP contribution is 2.26. The van der Waals surface area contributed by atoms with Gasteiger partial charge in [0.05, 0.1) is 12.3 Å². The van der Waals surface area contributed by atoms with Crippen molar-refractivity contribution in [2.24, 2.45) is 0 Å². The molecule has 0 unspecified atom stereocenters. The van der Waals surface area contributed by atoms with Gasteiger partial charge >= 0.3 is 0 Å². The van der Waals surface area contributed by atoms with Crippen molar-refractivity contribution >= 4 is 5.91 Å². The van der Waals surface area contributed by atoms with Crippen LogP contribution in [0.2, 0.25) is 0 Å². The maximum absolute atomic E-state index is 12.3. The van der Waals surface area contributed by atoms with Crippen LogP contribution in [-0.4, -0.2) is 37.0 Å². The van der Waals surface area contributed by atoms with Crippen LogP contribution in [0.4, 0.5) is 0 Å². The Hall–Kier alpha value is -2.27. The third kappa shape index (κ3) is 3.93. The number of carbonyl (C=O) groups is 1. The highest BCUT2D eigenvalue weighted by molar-refractivity contribution is 5.77. The molecule has 2 heterocycles. The Kier molecular flexibility index (Phi) is 5.25. The SMILES string of the molecule is O=C(COc1ccc2c(c1)CCC2)NC[C@H](c1ccco1)N1CCCC1. The molecule has 1 aliphatic heterocycles. The Bertz CT molecular complexity index is 736. The van der Waals surface area contributed by atoms with Crippen molar-refractivity contribution in [2.45, 2.75) is 38.1 Å². The summed E-state index contributed by atoms with van der Waals surface area (Å²) in [7, 11) is 0. The second kappa shape index (κ2) is 7.96. The van der Waals surface area contributed by atoms with E-state index >= 15 is 0 Å². The number of aryl methyl sites for hydroxylation is 2. The van der Waals surface area contributed by atoms with E-state index in [1.54, 1.807) is 6.26 Å². The summed E-state index contributed by atoms with van der Waals surface area (Å²) in [5.41, 5.74) is 2.77. The smallest absolute Gasteiger partial charge is 0.258 e. The first-order valence-corrected chi connectivity index (χ1v) is 9.58. The molecule has 0 radical (unpaired) electrons. The quantitative estimate of drug-likeness (QED) is 0.830. The van der Waals surface area contributed by atoms with Crippen molar-refractivity contribution < 1.29 is 13.9 Å². The van der Waals surface area contributed by atoms with Crippen molar-refractivity contribution in [1.29, 1.82) is 0 Å². The van der Waals surface area contributed by atoms with Crippen LogP contribution >= 0.6 is 0 Å². The number of nitrogens with zero attached hydrogens (tertiary/aromatic N) is 1. The van der Waals surface area contributed by atoms with Gasteiger partial charge in [0.25, 0.3) is 5.91 Å². The fourth-order valence-electron chi connectivity index (χ4n) is 3.99. The largest absolute Gasteiger partial charge is 0.484 e. The van der Waals surface area contributed by atoms with Crippen molar-refractivity contribution in [1.82, 2.24) is 10.2 Å². The fraction of sp³-hybridized carbons (Fsp3) is 0.476. The van der Waals surface area contributed by atoms with E-state index in [0.29, 0.717) is 6.54 Å². The van der Waals surface area contributed by atoms with Crippen LogP contribution in [0, 0.1) is 0 Å². The molecule has 0 spiro atoms. The number of nitrogens with one attached hydrogen (secondary N) is 1. The summed E-state index contributed by atoms with van der Waals surface area (Å²) in [4.78, 5) is 14.6. The second-order valence-electron chi connectivity index (χ2n) is 7.15. The maximum atomic E-state index is 12.3. The van der Waals surface area contributed by atoms with E-state index in [9.17, 15) is 4.79 Å². The van der Waals surface area contributed by atoms with Gasteiger partial charge in [0.15, 0.2) is 6.61 Å². The van der Waals surface area contributed by atoms with E-state index in [-0.39, 0.29) is 18.6 Å². The summed E-state index contributed by atoms with van der Waals surface area (Å²) in [6, 6.07) is 10.1. The summed E-state index contributed by atoms with van der Waals surface area (Å²) >= 11 is 0. The third-order valence-electron chi connectivity index (χ3n) is 5.39. The standard InChI is InChI=1S/C21H26N2O3/c24-21(15-26-18-9-8-16-5-3-6-17(16)13-18)22-14-19(20-7-4-12-25-20)23-10-1-2-11-23/h4,7-9,12-13,19H,1-3,5-6,10-11,14-15H2,(H,22,24)/t19-/m1/s1. The average Bonchev–Trinajstić information content (AvgIpc) is 3.41. The van der Waals surface area contributed by atoms with Gasteiger partial charge in [-0.1, -0.05) is 6.07 Å². The summed E-state index contributed by atoms with van der Waals surface area (Å²) in [6.45, 7) is 2.68. The van der Waals surface area contributed by atoms with Crippen LogP contribution in [0.3, 0.4) is 0 Å². The second-order valence-corrected chi connectivity index (χ2v) is 7.15. The molecule has 138 valence electrons. The van der Waals surface area contributed by atoms with E-state index < -0.39 is 0 Å². The third-order valence-corrected chi connectivity index (χ3v) is 5.39. The Balaban J connectivity index is 1.29. The zero-order chi connectivity index (χ0) is 17.8. The highest BCUT2D eigenvalue weighted by Gasteiger charge is 2.26. The lowest BCUT2D eigenvalue weighted by Crippen LogP contribution is -2.38.